The van der Waals surface area contributed by atoms with E-state index in [9.17, 15) is 13.5 Å². The minimum atomic E-state index is -4.79. The first kappa shape index (κ1) is 7.36. The third kappa shape index (κ3) is 3.66. The van der Waals surface area contributed by atoms with Crippen molar-refractivity contribution in [3.63, 3.8) is 0 Å². The fourth-order valence-electron chi connectivity index (χ4n) is 1.27. The minimum absolute atomic E-state index is 0.446. The summed E-state index contributed by atoms with van der Waals surface area (Å²) in [6.07, 6.45) is -3.64. The minimum Gasteiger partial charge on any atom is -0.386 e. The van der Waals surface area contributed by atoms with Crippen LogP contribution in [0, 0.1) is 6.92 Å². The molecule has 0 bridgehead atoms. The summed E-state index contributed by atoms with van der Waals surface area (Å²) >= 11 is 0. The summed E-state index contributed by atoms with van der Waals surface area (Å²) in [7, 11) is -4.79. The molecule has 5 heteroatoms. The first-order chi connectivity index (χ1) is 12.6. The van der Waals surface area contributed by atoms with Gasteiger partial charge in [-0.1, -0.05) is 47.9 Å². The van der Waals surface area contributed by atoms with E-state index in [-0.39, 0.29) is 0 Å². The lowest BCUT2D eigenvalue weighted by Crippen LogP contribution is -2.13. The molecule has 106 valence electrons. The molecule has 0 radical (unpaired) electrons. The van der Waals surface area contributed by atoms with Gasteiger partial charge in [-0.3, -0.25) is 4.18 Å². The van der Waals surface area contributed by atoms with Gasteiger partial charge in [0.05, 0.1) is 22.4 Å². The smallest absolute Gasteiger partial charge is 0.297 e. The van der Waals surface area contributed by atoms with E-state index in [1.165, 1.54) is 12.1 Å². The van der Waals surface area contributed by atoms with Crippen molar-refractivity contribution >= 4 is 10.1 Å². The Hall–Kier alpha value is -1.69. The highest BCUT2D eigenvalue weighted by Gasteiger charge is 2.17. The molecule has 0 aliphatic heterocycles. The number of aliphatic hydroxyl groups is 1. The maximum atomic E-state index is 12.3. The molecule has 1 atom stereocenters. The molecule has 1 N–H and O–H groups in total. The van der Waals surface area contributed by atoms with Crippen molar-refractivity contribution in [2.75, 3.05) is 6.56 Å². The van der Waals surface area contributed by atoms with Crippen molar-refractivity contribution in [3.8, 4) is 0 Å². The fourth-order valence-corrected chi connectivity index (χ4v) is 2.02. The second kappa shape index (κ2) is 6.17. The normalized spacial score (nSPS) is 21.1. The van der Waals surface area contributed by atoms with E-state index in [0.717, 1.165) is 17.7 Å². The summed E-state index contributed by atoms with van der Waals surface area (Å²) in [5, 5.41) is 10.4. The molecule has 0 unspecified atom stereocenters. The highest BCUT2D eigenvalue weighted by atomic mass is 32.2. The van der Waals surface area contributed by atoms with Gasteiger partial charge in [-0.2, -0.15) is 8.42 Å². The van der Waals surface area contributed by atoms with Crippen molar-refractivity contribution in [1.29, 1.82) is 0 Å². The quantitative estimate of drug-likeness (QED) is 0.861. The van der Waals surface area contributed by atoms with E-state index in [0.29, 0.717) is 0 Å². The monoisotopic (exact) mass is 300 g/mol. The summed E-state index contributed by atoms with van der Waals surface area (Å²) in [6, 6.07) is 0.360. The summed E-state index contributed by atoms with van der Waals surface area (Å²) in [5.74, 6) is 0. The van der Waals surface area contributed by atoms with Crippen LogP contribution in [0.1, 0.15) is 28.2 Å². The van der Waals surface area contributed by atoms with Gasteiger partial charge >= 0.3 is 0 Å². The molecule has 0 aromatic heterocycles. The number of hydrogen-bond donors (Lipinski definition) is 1. The predicted molar refractivity (Wildman–Crippen MR) is 75.7 cm³/mol. The van der Waals surface area contributed by atoms with Crippen LogP contribution in [0.5, 0.6) is 0 Å². The standard InChI is InChI=1S/C15H16O4S/c1-12-7-9-14(10-8-12)20(17,18)19-11-15(16)13-5-3-2-4-6-13/h2-10,15-16H,11H2,1H3/t15-/m1/s1/i2D,3D,4D,5D,6D,11D2,15D. The molecule has 0 spiro atoms. The second-order valence-corrected chi connectivity index (χ2v) is 5.35. The van der Waals surface area contributed by atoms with Gasteiger partial charge in [-0.05, 0) is 24.6 Å². The Morgan fingerprint density at radius 2 is 1.90 bits per heavy atom. The molecular formula is C15H16O4S. The molecule has 0 aliphatic carbocycles. The largest absolute Gasteiger partial charge is 0.386 e. The Morgan fingerprint density at radius 3 is 2.50 bits per heavy atom. The number of aryl methyl sites for hydroxylation is 1. The van der Waals surface area contributed by atoms with E-state index in [4.69, 9.17) is 11.0 Å². The lowest BCUT2D eigenvalue weighted by atomic mass is 10.1. The van der Waals surface area contributed by atoms with Crippen LogP contribution < -0.4 is 0 Å². The van der Waals surface area contributed by atoms with Crippen molar-refractivity contribution < 1.29 is 28.7 Å². The zero-order chi connectivity index (χ0) is 21.7. The number of rotatable bonds is 5. The Morgan fingerprint density at radius 1 is 1.30 bits per heavy atom. The van der Waals surface area contributed by atoms with Gasteiger partial charge in [0.25, 0.3) is 10.1 Å². The lowest BCUT2D eigenvalue weighted by molar-refractivity contribution is 0.111. The summed E-state index contributed by atoms with van der Waals surface area (Å²) in [6.45, 7) is -2.00. The van der Waals surface area contributed by atoms with Gasteiger partial charge in [0.2, 0.25) is 0 Å². The maximum absolute atomic E-state index is 12.3. The average Bonchev–Trinajstić information content (AvgIpc) is 2.57. The van der Waals surface area contributed by atoms with E-state index < -0.39 is 63.4 Å². The Labute approximate surface area is 130 Å². The SMILES string of the molecule is [2H]c1c([2H])c([2H])c([C@]([2H])(O)C([2H])([2H])OS(=O)(=O)c2ccc(C)cc2)c([2H])c1[2H]. The summed E-state index contributed by atoms with van der Waals surface area (Å²) in [5.41, 5.74) is -0.430. The Balaban J connectivity index is 2.57. The Kier molecular flexibility index (Phi) is 2.27. The lowest BCUT2D eigenvalue weighted by Gasteiger charge is -2.11. The van der Waals surface area contributed by atoms with Crippen molar-refractivity contribution in [2.45, 2.75) is 17.9 Å². The van der Waals surface area contributed by atoms with Gasteiger partial charge in [-0.15, -0.1) is 0 Å². The van der Waals surface area contributed by atoms with Crippen LogP contribution in [-0.4, -0.2) is 20.1 Å². The molecule has 2 aromatic carbocycles. The predicted octanol–water partition coefficient (Wildman–Crippen LogP) is 2.43. The van der Waals surface area contributed by atoms with E-state index >= 15 is 0 Å². The first-order valence-corrected chi connectivity index (χ1v) is 6.86. The van der Waals surface area contributed by atoms with Crippen LogP contribution in [0.25, 0.3) is 0 Å². The third-order valence-corrected chi connectivity index (χ3v) is 3.45. The van der Waals surface area contributed by atoms with Crippen molar-refractivity contribution in [3.05, 3.63) is 65.6 Å². The van der Waals surface area contributed by atoms with Gasteiger partial charge in [0.1, 0.15) is 6.08 Å². The maximum Gasteiger partial charge on any atom is 0.297 e. The Bertz CT molecular complexity index is 990. The second-order valence-electron chi connectivity index (χ2n) is 3.80. The number of hydrogen-bond acceptors (Lipinski definition) is 4. The fraction of sp³-hybridized carbons (Fsp3) is 0.200. The highest BCUT2D eigenvalue weighted by Crippen LogP contribution is 2.17. The van der Waals surface area contributed by atoms with Crippen LogP contribution in [0.15, 0.2) is 59.4 Å². The number of benzene rings is 2. The topological polar surface area (TPSA) is 63.6 Å². The van der Waals surface area contributed by atoms with Gasteiger partial charge in [-0.25, -0.2) is 0 Å². The zero-order valence-corrected chi connectivity index (χ0v) is 11.2. The molecule has 2 aromatic rings. The van der Waals surface area contributed by atoms with E-state index in [1.807, 2.05) is 0 Å². The van der Waals surface area contributed by atoms with Crippen LogP contribution in [0.3, 0.4) is 0 Å². The van der Waals surface area contributed by atoms with Crippen LogP contribution in [0.4, 0.5) is 0 Å². The van der Waals surface area contributed by atoms with Crippen LogP contribution >= 0.6 is 0 Å². The average molecular weight is 300 g/mol. The molecule has 0 saturated heterocycles. The molecule has 2 rings (SSSR count). The van der Waals surface area contributed by atoms with Gasteiger partial charge in [0, 0.05) is 0 Å². The molecule has 4 nitrogen and oxygen atoms in total. The molecule has 0 saturated carbocycles. The highest BCUT2D eigenvalue weighted by molar-refractivity contribution is 7.86. The van der Waals surface area contributed by atoms with Gasteiger partial charge in [0.15, 0.2) is 0 Å². The van der Waals surface area contributed by atoms with Crippen LogP contribution in [-0.2, 0) is 14.3 Å². The summed E-state index contributed by atoms with van der Waals surface area (Å²) < 4.78 is 90.8. The molecule has 20 heavy (non-hydrogen) atoms. The zero-order valence-electron chi connectivity index (χ0n) is 18.4. The van der Waals surface area contributed by atoms with E-state index in [2.05, 4.69) is 4.18 Å². The van der Waals surface area contributed by atoms with E-state index in [1.54, 1.807) is 6.92 Å². The summed E-state index contributed by atoms with van der Waals surface area (Å²) in [4.78, 5) is -0.446. The van der Waals surface area contributed by atoms with Crippen molar-refractivity contribution in [1.82, 2.24) is 0 Å². The molecular weight excluding hydrogens is 276 g/mol. The van der Waals surface area contributed by atoms with Gasteiger partial charge < -0.3 is 5.11 Å². The third-order valence-electron chi connectivity index (χ3n) is 2.29. The van der Waals surface area contributed by atoms with Crippen LogP contribution in [0.2, 0.25) is 0 Å². The molecule has 0 heterocycles. The van der Waals surface area contributed by atoms with Crippen molar-refractivity contribution in [2.24, 2.45) is 0 Å². The first-order valence-electron chi connectivity index (χ1n) is 9.45. The molecule has 0 amide bonds. The molecule has 0 aliphatic rings. The molecule has 0 fully saturated rings.